The van der Waals surface area contributed by atoms with Gasteiger partial charge in [0.1, 0.15) is 0 Å². The Kier molecular flexibility index (Phi) is 2.74. The van der Waals surface area contributed by atoms with E-state index in [1.54, 1.807) is 15.6 Å². The summed E-state index contributed by atoms with van der Waals surface area (Å²) in [4.78, 5) is 18.3. The van der Waals surface area contributed by atoms with E-state index in [1.807, 2.05) is 19.9 Å². The zero-order valence-electron chi connectivity index (χ0n) is 11.0. The summed E-state index contributed by atoms with van der Waals surface area (Å²) in [5.41, 5.74) is 3.01. The number of likely N-dealkylation sites (tertiary alicyclic amines) is 1. The van der Waals surface area contributed by atoms with Gasteiger partial charge in [0, 0.05) is 37.9 Å². The van der Waals surface area contributed by atoms with Crippen molar-refractivity contribution in [3.63, 3.8) is 0 Å². The third-order valence-corrected chi connectivity index (χ3v) is 3.58. The van der Waals surface area contributed by atoms with Gasteiger partial charge in [0.15, 0.2) is 5.65 Å². The van der Waals surface area contributed by atoms with E-state index in [0.717, 1.165) is 17.0 Å². The summed E-state index contributed by atoms with van der Waals surface area (Å²) < 4.78 is 1.70. The second-order valence-corrected chi connectivity index (χ2v) is 5.07. The monoisotopic (exact) mass is 260 g/mol. The molecule has 2 aromatic rings. The Morgan fingerprint density at radius 1 is 1.47 bits per heavy atom. The number of amides is 1. The molecule has 3 rings (SSSR count). The zero-order valence-corrected chi connectivity index (χ0v) is 11.0. The molecule has 0 aliphatic carbocycles. The molecule has 0 bridgehead atoms. The lowest BCUT2D eigenvalue weighted by Gasteiger charge is -2.38. The largest absolute Gasteiger partial charge is 0.396 e. The molecule has 1 N–H and O–H groups in total. The van der Waals surface area contributed by atoms with Gasteiger partial charge in [0.05, 0.1) is 17.0 Å². The summed E-state index contributed by atoms with van der Waals surface area (Å²) in [5, 5.41) is 13.3. The summed E-state index contributed by atoms with van der Waals surface area (Å²) in [5.74, 6) is 0.178. The van der Waals surface area contributed by atoms with Crippen LogP contribution in [0.4, 0.5) is 0 Å². The molecule has 6 heteroatoms. The minimum atomic E-state index is -0.0373. The highest BCUT2D eigenvalue weighted by molar-refractivity contribution is 5.95. The predicted octanol–water partition coefficient (Wildman–Crippen LogP) is 0.410. The number of hydrogen-bond donors (Lipinski definition) is 1. The normalized spacial score (nSPS) is 15.8. The Bertz CT molecular complexity index is 643. The van der Waals surface area contributed by atoms with Crippen LogP contribution in [0.2, 0.25) is 0 Å². The molecule has 0 spiro atoms. The first-order chi connectivity index (χ1) is 9.10. The molecule has 1 aliphatic rings. The molecular weight excluding hydrogens is 244 g/mol. The average molecular weight is 260 g/mol. The van der Waals surface area contributed by atoms with Gasteiger partial charge in [0.2, 0.25) is 0 Å². The molecule has 6 nitrogen and oxygen atoms in total. The second kappa shape index (κ2) is 4.31. The first-order valence-electron chi connectivity index (χ1n) is 6.32. The first-order valence-corrected chi connectivity index (χ1v) is 6.32. The fourth-order valence-corrected chi connectivity index (χ4v) is 2.39. The van der Waals surface area contributed by atoms with Gasteiger partial charge in [-0.2, -0.15) is 5.10 Å². The molecule has 1 amide bonds. The molecular formula is C13H16N4O2. The summed E-state index contributed by atoms with van der Waals surface area (Å²) in [6.07, 6.45) is 1.61. The number of fused-ring (bicyclic) bond motifs is 1. The van der Waals surface area contributed by atoms with E-state index < -0.39 is 0 Å². The lowest BCUT2D eigenvalue weighted by molar-refractivity contribution is 0.0360. The minimum Gasteiger partial charge on any atom is -0.396 e. The Balaban J connectivity index is 1.92. The molecule has 1 fully saturated rings. The molecule has 0 radical (unpaired) electrons. The number of aryl methyl sites for hydroxylation is 2. The van der Waals surface area contributed by atoms with Gasteiger partial charge >= 0.3 is 0 Å². The molecule has 0 aromatic carbocycles. The van der Waals surface area contributed by atoms with Crippen molar-refractivity contribution < 1.29 is 9.90 Å². The molecule has 0 unspecified atom stereocenters. The molecule has 0 atom stereocenters. The quantitative estimate of drug-likeness (QED) is 0.849. The first kappa shape index (κ1) is 12.1. The van der Waals surface area contributed by atoms with Crippen molar-refractivity contribution in [3.8, 4) is 0 Å². The number of carbonyl (C=O) groups is 1. The number of aliphatic hydroxyl groups is 1. The van der Waals surface area contributed by atoms with E-state index in [4.69, 9.17) is 5.11 Å². The number of carbonyl (C=O) groups excluding carboxylic acids is 1. The van der Waals surface area contributed by atoms with E-state index >= 15 is 0 Å². The summed E-state index contributed by atoms with van der Waals surface area (Å²) in [6, 6.07) is 1.88. The van der Waals surface area contributed by atoms with Crippen molar-refractivity contribution >= 4 is 11.6 Å². The molecule has 0 saturated carbocycles. The predicted molar refractivity (Wildman–Crippen MR) is 68.9 cm³/mol. The maximum Gasteiger partial charge on any atom is 0.257 e. The summed E-state index contributed by atoms with van der Waals surface area (Å²) in [7, 11) is 0. The maximum absolute atomic E-state index is 12.3. The van der Waals surface area contributed by atoms with E-state index in [2.05, 4.69) is 10.1 Å². The lowest BCUT2D eigenvalue weighted by atomic mass is 10.00. The van der Waals surface area contributed by atoms with Gasteiger partial charge in [-0.15, -0.1) is 0 Å². The van der Waals surface area contributed by atoms with Crippen LogP contribution < -0.4 is 0 Å². The van der Waals surface area contributed by atoms with Crippen LogP contribution in [0.25, 0.3) is 5.65 Å². The molecule has 1 aliphatic heterocycles. The highest BCUT2D eigenvalue weighted by atomic mass is 16.3. The standard InChI is InChI=1S/C13H16N4O2/c1-8-3-12-14-4-11(9(2)17(12)15-8)13(19)16-5-10(6-16)7-18/h3-4,10,18H,5-7H2,1-2H3. The van der Waals surface area contributed by atoms with Crippen LogP contribution in [0.5, 0.6) is 0 Å². The molecule has 19 heavy (non-hydrogen) atoms. The van der Waals surface area contributed by atoms with Crippen LogP contribution in [-0.2, 0) is 0 Å². The van der Waals surface area contributed by atoms with Crippen molar-refractivity contribution in [1.29, 1.82) is 0 Å². The summed E-state index contributed by atoms with van der Waals surface area (Å²) in [6.45, 7) is 5.14. The smallest absolute Gasteiger partial charge is 0.257 e. The number of aromatic nitrogens is 3. The zero-order chi connectivity index (χ0) is 13.6. The van der Waals surface area contributed by atoms with Crippen LogP contribution in [0.1, 0.15) is 21.7 Å². The number of rotatable bonds is 2. The third-order valence-electron chi connectivity index (χ3n) is 3.58. The van der Waals surface area contributed by atoms with Crippen molar-refractivity contribution in [2.75, 3.05) is 19.7 Å². The number of aliphatic hydroxyl groups excluding tert-OH is 1. The summed E-state index contributed by atoms with van der Waals surface area (Å²) >= 11 is 0. The van der Waals surface area contributed by atoms with E-state index in [-0.39, 0.29) is 18.4 Å². The van der Waals surface area contributed by atoms with Gasteiger partial charge in [-0.05, 0) is 13.8 Å². The molecule has 3 heterocycles. The Labute approximate surface area is 110 Å². The van der Waals surface area contributed by atoms with Gasteiger partial charge < -0.3 is 10.0 Å². The Hall–Kier alpha value is -1.95. The van der Waals surface area contributed by atoms with Crippen LogP contribution in [0.15, 0.2) is 12.3 Å². The van der Waals surface area contributed by atoms with E-state index in [0.29, 0.717) is 18.7 Å². The fourth-order valence-electron chi connectivity index (χ4n) is 2.39. The Morgan fingerprint density at radius 2 is 2.21 bits per heavy atom. The highest BCUT2D eigenvalue weighted by Crippen LogP contribution is 2.20. The van der Waals surface area contributed by atoms with Crippen LogP contribution in [0, 0.1) is 19.8 Å². The van der Waals surface area contributed by atoms with Gasteiger partial charge in [0.25, 0.3) is 5.91 Å². The SMILES string of the molecule is Cc1cc2ncc(C(=O)N3CC(CO)C3)c(C)n2n1. The maximum atomic E-state index is 12.3. The minimum absolute atomic E-state index is 0.0373. The molecule has 100 valence electrons. The average Bonchev–Trinajstić information content (AvgIpc) is 2.69. The highest BCUT2D eigenvalue weighted by Gasteiger charge is 2.31. The van der Waals surface area contributed by atoms with Crippen molar-refractivity contribution in [2.45, 2.75) is 13.8 Å². The number of nitrogens with zero attached hydrogens (tertiary/aromatic N) is 4. The lowest BCUT2D eigenvalue weighted by Crippen LogP contribution is -2.51. The van der Waals surface area contributed by atoms with Gasteiger partial charge in [-0.25, -0.2) is 9.50 Å². The second-order valence-electron chi connectivity index (χ2n) is 5.07. The molecule has 2 aromatic heterocycles. The van der Waals surface area contributed by atoms with Gasteiger partial charge in [-0.3, -0.25) is 4.79 Å². The van der Waals surface area contributed by atoms with E-state index in [9.17, 15) is 4.79 Å². The Morgan fingerprint density at radius 3 is 2.89 bits per heavy atom. The van der Waals surface area contributed by atoms with E-state index in [1.165, 1.54) is 0 Å². The van der Waals surface area contributed by atoms with Crippen LogP contribution in [-0.4, -0.2) is 50.2 Å². The number of hydrogen-bond acceptors (Lipinski definition) is 4. The van der Waals surface area contributed by atoms with Crippen molar-refractivity contribution in [2.24, 2.45) is 5.92 Å². The van der Waals surface area contributed by atoms with Gasteiger partial charge in [-0.1, -0.05) is 0 Å². The van der Waals surface area contributed by atoms with Crippen LogP contribution in [0.3, 0.4) is 0 Å². The topological polar surface area (TPSA) is 70.7 Å². The fraction of sp³-hybridized carbons (Fsp3) is 0.462. The van der Waals surface area contributed by atoms with Crippen molar-refractivity contribution in [1.82, 2.24) is 19.5 Å². The van der Waals surface area contributed by atoms with Crippen molar-refractivity contribution in [3.05, 3.63) is 29.2 Å². The third kappa shape index (κ3) is 1.88. The van der Waals surface area contributed by atoms with Crippen LogP contribution >= 0.6 is 0 Å². The molecule has 1 saturated heterocycles.